The fourth-order valence-corrected chi connectivity index (χ4v) is 3.98. The molecule has 2 N–H and O–H groups in total. The van der Waals surface area contributed by atoms with Crippen LogP contribution in [-0.4, -0.2) is 36.6 Å². The first kappa shape index (κ1) is 17.9. The van der Waals surface area contributed by atoms with Gasteiger partial charge in [0.25, 0.3) is 5.91 Å². The van der Waals surface area contributed by atoms with E-state index in [-0.39, 0.29) is 11.9 Å². The molecule has 0 bridgehead atoms. The molecular weight excluding hydrogens is 334 g/mol. The van der Waals surface area contributed by atoms with Gasteiger partial charge in [-0.15, -0.1) is 11.3 Å². The number of amides is 1. The number of carbonyl (C=O) groups is 1. The van der Waals surface area contributed by atoms with Crippen LogP contribution in [0.15, 0.2) is 24.3 Å². The van der Waals surface area contributed by atoms with Crippen LogP contribution in [-0.2, 0) is 0 Å². The third-order valence-corrected chi connectivity index (χ3v) is 5.76. The van der Waals surface area contributed by atoms with Crippen molar-refractivity contribution in [3.05, 3.63) is 34.8 Å². The van der Waals surface area contributed by atoms with E-state index in [0.29, 0.717) is 17.4 Å². The second kappa shape index (κ2) is 7.97. The zero-order chi connectivity index (χ0) is 17.8. The van der Waals surface area contributed by atoms with Gasteiger partial charge in [-0.3, -0.25) is 4.79 Å². The Morgan fingerprint density at radius 3 is 2.84 bits per heavy atom. The first-order valence-electron chi connectivity index (χ1n) is 8.80. The summed E-state index contributed by atoms with van der Waals surface area (Å²) in [6.45, 7) is 8.55. The highest BCUT2D eigenvalue weighted by Crippen LogP contribution is 2.29. The molecule has 1 fully saturated rings. The van der Waals surface area contributed by atoms with Crippen molar-refractivity contribution in [1.29, 1.82) is 0 Å². The summed E-state index contributed by atoms with van der Waals surface area (Å²) in [6.07, 6.45) is 1.09. The number of benzene rings is 1. The number of nitrogens with zero attached hydrogens (tertiary/aromatic N) is 1. The van der Waals surface area contributed by atoms with Crippen LogP contribution in [0.2, 0.25) is 0 Å². The fraction of sp³-hybridized carbons (Fsp3) is 0.474. The molecule has 6 heteroatoms. The maximum absolute atomic E-state index is 12.7. The quantitative estimate of drug-likeness (QED) is 0.860. The van der Waals surface area contributed by atoms with Crippen LogP contribution in [0.1, 0.15) is 35.6 Å². The zero-order valence-corrected chi connectivity index (χ0v) is 15.8. The van der Waals surface area contributed by atoms with Crippen molar-refractivity contribution in [3.63, 3.8) is 0 Å². The number of hydrogen-bond donors (Lipinski definition) is 2. The smallest absolute Gasteiger partial charge is 0.263 e. The predicted molar refractivity (Wildman–Crippen MR) is 101 cm³/mol. The summed E-state index contributed by atoms with van der Waals surface area (Å²) in [7, 11) is 0. The number of nitrogens with one attached hydrogen (secondary N) is 2. The Hall–Kier alpha value is -1.92. The van der Waals surface area contributed by atoms with Gasteiger partial charge in [0.1, 0.15) is 15.6 Å². The monoisotopic (exact) mass is 359 g/mol. The average molecular weight is 359 g/mol. The van der Waals surface area contributed by atoms with Crippen molar-refractivity contribution in [2.24, 2.45) is 5.92 Å². The van der Waals surface area contributed by atoms with E-state index < -0.39 is 0 Å². The molecule has 0 radical (unpaired) electrons. The van der Waals surface area contributed by atoms with Crippen LogP contribution in [0.3, 0.4) is 0 Å². The van der Waals surface area contributed by atoms with Crippen molar-refractivity contribution >= 4 is 17.2 Å². The summed E-state index contributed by atoms with van der Waals surface area (Å²) in [4.78, 5) is 18.0. The van der Waals surface area contributed by atoms with Gasteiger partial charge in [-0.05, 0) is 57.0 Å². The van der Waals surface area contributed by atoms with Crippen molar-refractivity contribution in [2.45, 2.75) is 33.2 Å². The van der Waals surface area contributed by atoms with Gasteiger partial charge < -0.3 is 15.4 Å². The number of piperidine rings is 1. The highest BCUT2D eigenvalue weighted by molar-refractivity contribution is 7.17. The number of thiazole rings is 1. The molecule has 1 aromatic carbocycles. The number of aryl methyl sites for hydroxylation is 1. The Morgan fingerprint density at radius 1 is 1.40 bits per heavy atom. The highest BCUT2D eigenvalue weighted by atomic mass is 32.1. The van der Waals surface area contributed by atoms with E-state index in [4.69, 9.17) is 4.74 Å². The lowest BCUT2D eigenvalue weighted by Gasteiger charge is -2.30. The molecule has 1 aliphatic heterocycles. The van der Waals surface area contributed by atoms with Gasteiger partial charge in [-0.1, -0.05) is 6.92 Å². The van der Waals surface area contributed by atoms with E-state index in [0.717, 1.165) is 41.5 Å². The van der Waals surface area contributed by atoms with E-state index in [1.165, 1.54) is 11.3 Å². The fourth-order valence-electron chi connectivity index (χ4n) is 3.01. The molecule has 2 unspecified atom stereocenters. The third-order valence-electron chi connectivity index (χ3n) is 4.56. The summed E-state index contributed by atoms with van der Waals surface area (Å²) < 4.78 is 5.47. The Morgan fingerprint density at radius 2 is 2.16 bits per heavy atom. The number of aromatic nitrogens is 1. The van der Waals surface area contributed by atoms with Crippen LogP contribution < -0.4 is 15.4 Å². The number of ether oxygens (including phenoxy) is 1. The first-order valence-corrected chi connectivity index (χ1v) is 9.62. The predicted octanol–water partition coefficient (Wildman–Crippen LogP) is 3.25. The average Bonchev–Trinajstić information content (AvgIpc) is 3.00. The van der Waals surface area contributed by atoms with E-state index in [1.54, 1.807) is 0 Å². The standard InChI is InChI=1S/C19H25N3O2S/c1-4-24-15-7-5-14(6-8-15)19-21-13(3)17(25-19)18(23)22-16-11-20-10-9-12(16)2/h5-8,12,16,20H,4,9-11H2,1-3H3,(H,22,23). The molecule has 1 amide bonds. The molecule has 25 heavy (non-hydrogen) atoms. The van der Waals surface area contributed by atoms with Crippen molar-refractivity contribution in [2.75, 3.05) is 19.7 Å². The zero-order valence-electron chi connectivity index (χ0n) is 15.0. The SMILES string of the molecule is CCOc1ccc(-c2nc(C)c(C(=O)NC3CNCCC3C)s2)cc1. The van der Waals surface area contributed by atoms with Gasteiger partial charge in [-0.2, -0.15) is 0 Å². The molecule has 2 atom stereocenters. The molecule has 1 aromatic heterocycles. The van der Waals surface area contributed by atoms with E-state index in [1.807, 2.05) is 38.1 Å². The summed E-state index contributed by atoms with van der Waals surface area (Å²) in [6, 6.07) is 8.02. The van der Waals surface area contributed by atoms with Crippen molar-refractivity contribution in [1.82, 2.24) is 15.6 Å². The largest absolute Gasteiger partial charge is 0.494 e. The van der Waals surface area contributed by atoms with Crippen LogP contribution >= 0.6 is 11.3 Å². The maximum Gasteiger partial charge on any atom is 0.263 e. The number of hydrogen-bond acceptors (Lipinski definition) is 5. The lowest BCUT2D eigenvalue weighted by atomic mass is 9.95. The van der Waals surface area contributed by atoms with Gasteiger partial charge in [0.2, 0.25) is 0 Å². The van der Waals surface area contributed by atoms with Crippen molar-refractivity contribution < 1.29 is 9.53 Å². The van der Waals surface area contributed by atoms with Gasteiger partial charge >= 0.3 is 0 Å². The Bertz CT molecular complexity index is 727. The molecule has 1 aliphatic rings. The van der Waals surface area contributed by atoms with Crippen molar-refractivity contribution in [3.8, 4) is 16.3 Å². The Labute approximate surface area is 152 Å². The molecule has 2 heterocycles. The third kappa shape index (κ3) is 4.19. The topological polar surface area (TPSA) is 63.2 Å². The maximum atomic E-state index is 12.7. The molecular formula is C19H25N3O2S. The minimum atomic E-state index is -0.0206. The van der Waals surface area contributed by atoms with Gasteiger partial charge in [0, 0.05) is 18.2 Å². The van der Waals surface area contributed by atoms with Crippen LogP contribution in [0.4, 0.5) is 0 Å². The summed E-state index contributed by atoms with van der Waals surface area (Å²) in [5.41, 5.74) is 1.78. The molecule has 0 aliphatic carbocycles. The van der Waals surface area contributed by atoms with E-state index in [2.05, 4.69) is 22.5 Å². The number of rotatable bonds is 5. The lowest BCUT2D eigenvalue weighted by Crippen LogP contribution is -2.50. The molecule has 0 spiro atoms. The van der Waals surface area contributed by atoms with Gasteiger partial charge in [0.15, 0.2) is 0 Å². The summed E-state index contributed by atoms with van der Waals surface area (Å²) >= 11 is 1.45. The molecule has 2 aromatic rings. The summed E-state index contributed by atoms with van der Waals surface area (Å²) in [5.74, 6) is 1.31. The van der Waals surface area contributed by atoms with Crippen LogP contribution in [0, 0.1) is 12.8 Å². The second-order valence-electron chi connectivity index (χ2n) is 6.44. The Kier molecular flexibility index (Phi) is 5.71. The minimum absolute atomic E-state index is 0.0206. The Balaban J connectivity index is 1.74. The molecule has 134 valence electrons. The van der Waals surface area contributed by atoms with E-state index in [9.17, 15) is 4.79 Å². The van der Waals surface area contributed by atoms with Crippen LogP contribution in [0.5, 0.6) is 5.75 Å². The van der Waals surface area contributed by atoms with Gasteiger partial charge in [0.05, 0.1) is 12.3 Å². The minimum Gasteiger partial charge on any atom is -0.494 e. The second-order valence-corrected chi connectivity index (χ2v) is 7.44. The molecule has 1 saturated heterocycles. The highest BCUT2D eigenvalue weighted by Gasteiger charge is 2.25. The molecule has 5 nitrogen and oxygen atoms in total. The van der Waals surface area contributed by atoms with E-state index >= 15 is 0 Å². The summed E-state index contributed by atoms with van der Waals surface area (Å²) in [5, 5.41) is 7.37. The number of carbonyl (C=O) groups excluding carboxylic acids is 1. The normalized spacial score (nSPS) is 20.3. The first-order chi connectivity index (χ1) is 12.1. The molecule has 3 rings (SSSR count). The van der Waals surface area contributed by atoms with Gasteiger partial charge in [-0.25, -0.2) is 4.98 Å². The lowest BCUT2D eigenvalue weighted by molar-refractivity contribution is 0.0918. The van der Waals surface area contributed by atoms with Crippen LogP contribution in [0.25, 0.3) is 10.6 Å². The molecule has 0 saturated carbocycles.